The summed E-state index contributed by atoms with van der Waals surface area (Å²) in [5, 5.41) is 8.33. The fourth-order valence-electron chi connectivity index (χ4n) is 3.94. The van der Waals surface area contributed by atoms with E-state index in [4.69, 9.17) is 5.73 Å². The van der Waals surface area contributed by atoms with Gasteiger partial charge in [-0.25, -0.2) is 9.67 Å². The van der Waals surface area contributed by atoms with E-state index in [9.17, 15) is 4.79 Å². The number of rotatable bonds is 3. The Kier molecular flexibility index (Phi) is 4.52. The van der Waals surface area contributed by atoms with E-state index in [1.54, 1.807) is 6.20 Å². The topological polar surface area (TPSA) is 106 Å². The number of likely N-dealkylation sites (tertiary alicyclic amines) is 1. The summed E-state index contributed by atoms with van der Waals surface area (Å²) in [6.45, 7) is 1.46. The van der Waals surface area contributed by atoms with E-state index in [1.807, 2.05) is 22.0 Å². The number of aromatic nitrogens is 5. The van der Waals surface area contributed by atoms with Crippen LogP contribution in [-0.2, 0) is 0 Å². The quantitative estimate of drug-likeness (QED) is 0.878. The molecule has 0 unspecified atom stereocenters. The van der Waals surface area contributed by atoms with Crippen LogP contribution in [-0.4, -0.2) is 54.9 Å². The molecule has 0 aromatic carbocycles. The molecule has 1 aliphatic heterocycles. The van der Waals surface area contributed by atoms with E-state index < -0.39 is 0 Å². The largest absolute Gasteiger partial charge is 0.348 e. The third-order valence-corrected chi connectivity index (χ3v) is 5.53. The number of aromatic amines is 1. The van der Waals surface area contributed by atoms with E-state index in [0.29, 0.717) is 23.7 Å². The fraction of sp³-hybridized carbons (Fsp3) is 0.647. The van der Waals surface area contributed by atoms with Crippen molar-refractivity contribution in [2.75, 3.05) is 13.1 Å². The molecule has 8 heteroatoms. The number of carbonyl (C=O) groups is 1. The lowest BCUT2D eigenvalue weighted by Gasteiger charge is -2.30. The Morgan fingerprint density at radius 2 is 1.92 bits per heavy atom. The molecule has 1 aliphatic carbocycles. The number of amides is 1. The normalized spacial score (nSPS) is 25.2. The van der Waals surface area contributed by atoms with Crippen molar-refractivity contribution >= 4 is 5.91 Å². The number of piperidine rings is 1. The Bertz CT molecular complexity index is 694. The predicted molar refractivity (Wildman–Crippen MR) is 92.0 cm³/mol. The van der Waals surface area contributed by atoms with E-state index in [1.165, 1.54) is 0 Å². The first-order valence-corrected chi connectivity index (χ1v) is 9.16. The van der Waals surface area contributed by atoms with Crippen molar-refractivity contribution in [1.82, 2.24) is 29.9 Å². The zero-order valence-electron chi connectivity index (χ0n) is 14.3. The van der Waals surface area contributed by atoms with Crippen LogP contribution in [0.15, 0.2) is 18.6 Å². The van der Waals surface area contributed by atoms with E-state index in [2.05, 4.69) is 20.3 Å². The molecule has 1 saturated carbocycles. The molecule has 0 bridgehead atoms. The Labute approximate surface area is 146 Å². The van der Waals surface area contributed by atoms with Gasteiger partial charge in [-0.15, -0.1) is 5.10 Å². The van der Waals surface area contributed by atoms with Crippen LogP contribution in [0, 0.1) is 0 Å². The summed E-state index contributed by atoms with van der Waals surface area (Å²) < 4.78 is 1.86. The molecule has 2 aromatic rings. The van der Waals surface area contributed by atoms with Crippen molar-refractivity contribution in [2.45, 2.75) is 56.5 Å². The molecule has 2 fully saturated rings. The first-order valence-electron chi connectivity index (χ1n) is 9.16. The smallest absolute Gasteiger partial charge is 0.276 e. The van der Waals surface area contributed by atoms with Gasteiger partial charge in [0.25, 0.3) is 5.91 Å². The van der Waals surface area contributed by atoms with Crippen LogP contribution >= 0.6 is 0 Å². The Hall–Kier alpha value is -2.22. The Morgan fingerprint density at radius 1 is 1.16 bits per heavy atom. The second kappa shape index (κ2) is 6.95. The van der Waals surface area contributed by atoms with Crippen molar-refractivity contribution in [2.24, 2.45) is 5.73 Å². The van der Waals surface area contributed by atoms with Gasteiger partial charge in [-0.3, -0.25) is 4.79 Å². The molecule has 134 valence electrons. The van der Waals surface area contributed by atoms with Crippen molar-refractivity contribution in [1.29, 1.82) is 0 Å². The number of hydrogen-bond donors (Lipinski definition) is 2. The molecule has 8 nitrogen and oxygen atoms in total. The summed E-state index contributed by atoms with van der Waals surface area (Å²) in [5.41, 5.74) is 6.41. The van der Waals surface area contributed by atoms with Crippen LogP contribution in [0.1, 0.15) is 66.8 Å². The lowest BCUT2D eigenvalue weighted by atomic mass is 9.92. The van der Waals surface area contributed by atoms with E-state index in [-0.39, 0.29) is 5.91 Å². The molecule has 4 rings (SSSR count). The standard InChI is InChI=1S/C17H25N7O/c18-13-1-3-14(4-2-13)24-11-15(21-22-24)17(25)23-9-5-12(6-10-23)16-19-7-8-20-16/h7-8,11-14H,1-6,9-10,18H2,(H,19,20). The van der Waals surface area contributed by atoms with Crippen LogP contribution in [0.2, 0.25) is 0 Å². The number of nitrogens with one attached hydrogen (secondary N) is 1. The maximum Gasteiger partial charge on any atom is 0.276 e. The molecule has 2 aromatic heterocycles. The number of carbonyl (C=O) groups excluding carboxylic acids is 1. The summed E-state index contributed by atoms with van der Waals surface area (Å²) >= 11 is 0. The fourth-order valence-corrected chi connectivity index (χ4v) is 3.94. The van der Waals surface area contributed by atoms with Gasteiger partial charge in [-0.2, -0.15) is 0 Å². The number of nitrogens with zero attached hydrogens (tertiary/aromatic N) is 5. The number of nitrogens with two attached hydrogens (primary N) is 1. The molecule has 3 heterocycles. The first-order chi connectivity index (χ1) is 12.2. The summed E-state index contributed by atoms with van der Waals surface area (Å²) in [5.74, 6) is 1.41. The molecule has 0 atom stereocenters. The highest BCUT2D eigenvalue weighted by Gasteiger charge is 2.28. The minimum absolute atomic E-state index is 0.0170. The minimum atomic E-state index is -0.0170. The molecular weight excluding hydrogens is 318 g/mol. The molecule has 1 amide bonds. The van der Waals surface area contributed by atoms with Crippen LogP contribution in [0.25, 0.3) is 0 Å². The Balaban J connectivity index is 1.36. The monoisotopic (exact) mass is 343 g/mol. The van der Waals surface area contributed by atoms with Gasteiger partial charge in [0.05, 0.1) is 12.2 Å². The number of hydrogen-bond acceptors (Lipinski definition) is 5. The van der Waals surface area contributed by atoms with Gasteiger partial charge in [-0.1, -0.05) is 5.21 Å². The number of H-pyrrole nitrogens is 1. The Morgan fingerprint density at radius 3 is 2.60 bits per heavy atom. The molecule has 1 saturated heterocycles. The third-order valence-electron chi connectivity index (χ3n) is 5.53. The predicted octanol–water partition coefficient (Wildman–Crippen LogP) is 1.46. The van der Waals surface area contributed by atoms with Crippen LogP contribution in [0.4, 0.5) is 0 Å². The summed E-state index contributed by atoms with van der Waals surface area (Å²) in [6, 6.07) is 0.620. The maximum atomic E-state index is 12.7. The molecule has 3 N–H and O–H groups in total. The summed E-state index contributed by atoms with van der Waals surface area (Å²) in [7, 11) is 0. The van der Waals surface area contributed by atoms with Crippen molar-refractivity contribution in [3.8, 4) is 0 Å². The van der Waals surface area contributed by atoms with E-state index in [0.717, 1.165) is 57.4 Å². The van der Waals surface area contributed by atoms with Gasteiger partial charge in [0, 0.05) is 37.4 Å². The van der Waals surface area contributed by atoms with Crippen LogP contribution < -0.4 is 5.73 Å². The highest BCUT2D eigenvalue weighted by molar-refractivity contribution is 5.92. The first kappa shape index (κ1) is 16.3. The average Bonchev–Trinajstić information content (AvgIpc) is 3.34. The van der Waals surface area contributed by atoms with E-state index >= 15 is 0 Å². The second-order valence-electron chi connectivity index (χ2n) is 7.19. The maximum absolute atomic E-state index is 12.7. The summed E-state index contributed by atoms with van der Waals surface area (Å²) in [4.78, 5) is 22.1. The number of imidazole rings is 1. The van der Waals surface area contributed by atoms with Crippen molar-refractivity contribution in [3.63, 3.8) is 0 Å². The van der Waals surface area contributed by atoms with Gasteiger partial charge in [-0.05, 0) is 38.5 Å². The van der Waals surface area contributed by atoms with Gasteiger partial charge < -0.3 is 15.6 Å². The average molecular weight is 343 g/mol. The molecule has 2 aliphatic rings. The van der Waals surface area contributed by atoms with Gasteiger partial charge in [0.1, 0.15) is 5.82 Å². The minimum Gasteiger partial charge on any atom is -0.348 e. The third kappa shape index (κ3) is 3.44. The van der Waals surface area contributed by atoms with Gasteiger partial charge in [0.15, 0.2) is 5.69 Å². The molecule has 25 heavy (non-hydrogen) atoms. The van der Waals surface area contributed by atoms with Crippen LogP contribution in [0.3, 0.4) is 0 Å². The zero-order valence-corrected chi connectivity index (χ0v) is 14.3. The second-order valence-corrected chi connectivity index (χ2v) is 7.19. The zero-order chi connectivity index (χ0) is 17.2. The van der Waals surface area contributed by atoms with Gasteiger partial charge >= 0.3 is 0 Å². The summed E-state index contributed by atoms with van der Waals surface area (Å²) in [6.07, 6.45) is 11.3. The molecule has 0 spiro atoms. The lowest BCUT2D eigenvalue weighted by Crippen LogP contribution is -2.38. The molecular formula is C17H25N7O. The van der Waals surface area contributed by atoms with Gasteiger partial charge in [0.2, 0.25) is 0 Å². The van der Waals surface area contributed by atoms with Crippen molar-refractivity contribution in [3.05, 3.63) is 30.1 Å². The SMILES string of the molecule is NC1CCC(n2cc(C(=O)N3CCC(c4ncc[nH]4)CC3)nn2)CC1. The van der Waals surface area contributed by atoms with Crippen LogP contribution in [0.5, 0.6) is 0 Å². The van der Waals surface area contributed by atoms with Crippen molar-refractivity contribution < 1.29 is 4.79 Å². The molecule has 0 radical (unpaired) electrons. The lowest BCUT2D eigenvalue weighted by molar-refractivity contribution is 0.0705. The highest BCUT2D eigenvalue weighted by atomic mass is 16.2. The highest BCUT2D eigenvalue weighted by Crippen LogP contribution is 2.28.